The molecule has 0 saturated heterocycles. The number of hydrogen-bond donors (Lipinski definition) is 1. The fraction of sp³-hybridized carbons (Fsp3) is 0.833. The molecule has 6 heteroatoms. The van der Waals surface area contributed by atoms with Gasteiger partial charge in [0.1, 0.15) is 12.2 Å². The van der Waals surface area contributed by atoms with Gasteiger partial charge in [-0.1, -0.05) is 13.8 Å². The summed E-state index contributed by atoms with van der Waals surface area (Å²) < 4.78 is 14.5. The van der Waals surface area contributed by atoms with Gasteiger partial charge in [0.05, 0.1) is 13.2 Å². The summed E-state index contributed by atoms with van der Waals surface area (Å²) in [6.45, 7) is 11.0. The lowest BCUT2D eigenvalue weighted by atomic mass is 10.2. The first-order valence-corrected chi connectivity index (χ1v) is 6.05. The van der Waals surface area contributed by atoms with Gasteiger partial charge < -0.3 is 19.5 Å². The molecule has 108 valence electrons. The Morgan fingerprint density at radius 1 is 1.17 bits per heavy atom. The van der Waals surface area contributed by atoms with E-state index in [0.29, 0.717) is 26.2 Å². The predicted molar refractivity (Wildman–Crippen MR) is 68.4 cm³/mol. The van der Waals surface area contributed by atoms with E-state index in [0.717, 1.165) is 0 Å². The molecule has 0 unspecified atom stereocenters. The van der Waals surface area contributed by atoms with Gasteiger partial charge in [0.25, 0.3) is 6.47 Å². The normalized spacial score (nSPS) is 9.83. The number of nitrogens with one attached hydrogen (secondary N) is 1. The maximum absolute atomic E-state index is 11.1. The number of rotatable bonds is 7. The zero-order valence-corrected chi connectivity index (χ0v) is 11.9. The molecule has 0 heterocycles. The van der Waals surface area contributed by atoms with Crippen molar-refractivity contribution in [2.45, 2.75) is 40.2 Å². The molecular formula is C12H25NO5. The molecule has 0 rings (SSSR count). The third kappa shape index (κ3) is 17.1. The van der Waals surface area contributed by atoms with Gasteiger partial charge >= 0.3 is 6.09 Å². The van der Waals surface area contributed by atoms with Crippen molar-refractivity contribution in [2.24, 2.45) is 0 Å². The molecule has 0 spiro atoms. The summed E-state index contributed by atoms with van der Waals surface area (Å²) >= 11 is 0. The number of carbonyl (C=O) groups is 2. The van der Waals surface area contributed by atoms with Gasteiger partial charge in [0, 0.05) is 6.54 Å². The highest BCUT2D eigenvalue weighted by Crippen LogP contribution is 2.05. The Bertz CT molecular complexity index is 213. The van der Waals surface area contributed by atoms with Crippen LogP contribution in [0.1, 0.15) is 34.6 Å². The molecule has 6 nitrogen and oxygen atoms in total. The molecule has 0 aromatic carbocycles. The number of ether oxygens (including phenoxy) is 3. The van der Waals surface area contributed by atoms with Crippen LogP contribution in [0.25, 0.3) is 0 Å². The second-order valence-corrected chi connectivity index (χ2v) is 4.01. The lowest BCUT2D eigenvalue weighted by Crippen LogP contribution is -2.34. The van der Waals surface area contributed by atoms with Gasteiger partial charge in [0.2, 0.25) is 0 Å². The Balaban J connectivity index is 0. The van der Waals surface area contributed by atoms with Crippen LogP contribution in [0.2, 0.25) is 0 Å². The molecule has 0 aliphatic heterocycles. The first kappa shape index (κ1) is 19.0. The van der Waals surface area contributed by atoms with Crippen molar-refractivity contribution in [3.63, 3.8) is 0 Å². The number of amides is 1. The highest BCUT2D eigenvalue weighted by molar-refractivity contribution is 5.67. The predicted octanol–water partition coefficient (Wildman–Crippen LogP) is 1.73. The van der Waals surface area contributed by atoms with Crippen molar-refractivity contribution < 1.29 is 23.8 Å². The van der Waals surface area contributed by atoms with Crippen molar-refractivity contribution in [3.8, 4) is 0 Å². The quantitative estimate of drug-likeness (QED) is 0.559. The molecule has 0 aliphatic carbocycles. The van der Waals surface area contributed by atoms with E-state index in [9.17, 15) is 9.59 Å². The highest BCUT2D eigenvalue weighted by atomic mass is 16.6. The van der Waals surface area contributed by atoms with Crippen molar-refractivity contribution in [1.82, 2.24) is 5.32 Å². The molecule has 0 aliphatic rings. The molecular weight excluding hydrogens is 238 g/mol. The number of hydrogen-bond acceptors (Lipinski definition) is 5. The summed E-state index contributed by atoms with van der Waals surface area (Å²) in [5.74, 6) is 0. The van der Waals surface area contributed by atoms with Crippen molar-refractivity contribution in [2.75, 3.05) is 26.4 Å². The van der Waals surface area contributed by atoms with Gasteiger partial charge in [-0.05, 0) is 20.8 Å². The molecule has 0 radical (unpaired) electrons. The third-order valence-corrected chi connectivity index (χ3v) is 1.33. The lowest BCUT2D eigenvalue weighted by Gasteiger charge is -2.19. The average molecular weight is 263 g/mol. The Kier molecular flexibility index (Phi) is 12.9. The van der Waals surface area contributed by atoms with Crippen molar-refractivity contribution >= 4 is 12.6 Å². The minimum Gasteiger partial charge on any atom is -0.465 e. The van der Waals surface area contributed by atoms with Crippen LogP contribution in [-0.2, 0) is 19.0 Å². The average Bonchev–Trinajstić information content (AvgIpc) is 2.28. The standard InChI is InChI=1S/C10H19NO5.C2H6/c1-10(2,3)16-9(13)11-4-5-14-6-7-15-8-12;1-2/h8H,4-7H2,1-3H3,(H,11,13);1-2H3. The maximum atomic E-state index is 11.1. The molecule has 1 N–H and O–H groups in total. The summed E-state index contributed by atoms with van der Waals surface area (Å²) in [6, 6.07) is 0. The first-order valence-electron chi connectivity index (χ1n) is 6.05. The van der Waals surface area contributed by atoms with E-state index in [1.165, 1.54) is 0 Å². The Labute approximate surface area is 109 Å². The zero-order chi connectivity index (χ0) is 14.4. The minimum absolute atomic E-state index is 0.218. The molecule has 0 aromatic rings. The Hall–Kier alpha value is -1.30. The molecule has 18 heavy (non-hydrogen) atoms. The molecule has 0 fully saturated rings. The maximum Gasteiger partial charge on any atom is 0.407 e. The van der Waals surface area contributed by atoms with Crippen LogP contribution in [0.5, 0.6) is 0 Å². The monoisotopic (exact) mass is 263 g/mol. The molecule has 0 aromatic heterocycles. The van der Waals surface area contributed by atoms with Gasteiger partial charge in [-0.3, -0.25) is 4.79 Å². The van der Waals surface area contributed by atoms with E-state index in [1.807, 2.05) is 13.8 Å². The van der Waals surface area contributed by atoms with Crippen molar-refractivity contribution in [1.29, 1.82) is 0 Å². The Morgan fingerprint density at radius 3 is 2.28 bits per heavy atom. The van der Waals surface area contributed by atoms with Crippen LogP contribution in [0.15, 0.2) is 0 Å². The smallest absolute Gasteiger partial charge is 0.407 e. The second-order valence-electron chi connectivity index (χ2n) is 4.01. The summed E-state index contributed by atoms with van der Waals surface area (Å²) in [7, 11) is 0. The zero-order valence-electron chi connectivity index (χ0n) is 11.9. The van der Waals surface area contributed by atoms with E-state index < -0.39 is 11.7 Å². The highest BCUT2D eigenvalue weighted by Gasteiger charge is 2.15. The van der Waals surface area contributed by atoms with Crippen LogP contribution in [0, 0.1) is 0 Å². The molecule has 0 atom stereocenters. The molecule has 1 amide bonds. The summed E-state index contributed by atoms with van der Waals surface area (Å²) in [6.07, 6.45) is -0.472. The summed E-state index contributed by atoms with van der Waals surface area (Å²) in [4.78, 5) is 20.9. The van der Waals surface area contributed by atoms with E-state index in [1.54, 1.807) is 20.8 Å². The first-order chi connectivity index (χ1) is 8.45. The fourth-order valence-corrected chi connectivity index (χ4v) is 0.797. The van der Waals surface area contributed by atoms with E-state index >= 15 is 0 Å². The van der Waals surface area contributed by atoms with Gasteiger partial charge in [-0.25, -0.2) is 4.79 Å². The Morgan fingerprint density at radius 2 is 1.78 bits per heavy atom. The van der Waals surface area contributed by atoms with E-state index in [4.69, 9.17) is 9.47 Å². The summed E-state index contributed by atoms with van der Waals surface area (Å²) in [5, 5.41) is 2.53. The minimum atomic E-state index is -0.497. The largest absolute Gasteiger partial charge is 0.465 e. The van der Waals surface area contributed by atoms with E-state index in [-0.39, 0.29) is 6.61 Å². The van der Waals surface area contributed by atoms with Gasteiger partial charge in [-0.2, -0.15) is 0 Å². The number of alkyl carbamates (subject to hydrolysis) is 1. The van der Waals surface area contributed by atoms with Crippen molar-refractivity contribution in [3.05, 3.63) is 0 Å². The van der Waals surface area contributed by atoms with Crippen LogP contribution in [0.4, 0.5) is 4.79 Å². The van der Waals surface area contributed by atoms with Crippen LogP contribution in [0.3, 0.4) is 0 Å². The summed E-state index contributed by atoms with van der Waals surface area (Å²) in [5.41, 5.74) is -0.497. The molecule has 0 bridgehead atoms. The van der Waals surface area contributed by atoms with Crippen LogP contribution >= 0.6 is 0 Å². The van der Waals surface area contributed by atoms with E-state index in [2.05, 4.69) is 10.1 Å². The second kappa shape index (κ2) is 12.2. The third-order valence-electron chi connectivity index (χ3n) is 1.33. The van der Waals surface area contributed by atoms with Crippen LogP contribution < -0.4 is 5.32 Å². The van der Waals surface area contributed by atoms with Crippen LogP contribution in [-0.4, -0.2) is 44.5 Å². The van der Waals surface area contributed by atoms with Gasteiger partial charge in [0.15, 0.2) is 0 Å². The fourth-order valence-electron chi connectivity index (χ4n) is 0.797. The SMILES string of the molecule is CC.CC(C)(C)OC(=O)NCCOCCOC=O. The number of carbonyl (C=O) groups excluding carboxylic acids is 2. The topological polar surface area (TPSA) is 73.9 Å². The van der Waals surface area contributed by atoms with Gasteiger partial charge in [-0.15, -0.1) is 0 Å². The molecule has 0 saturated carbocycles. The lowest BCUT2D eigenvalue weighted by molar-refractivity contribution is -0.130.